The monoisotopic (exact) mass is 418 g/mol. The third-order valence-corrected chi connectivity index (χ3v) is 5.94. The van der Waals surface area contributed by atoms with Crippen molar-refractivity contribution in [2.24, 2.45) is 11.8 Å². The van der Waals surface area contributed by atoms with E-state index in [0.717, 1.165) is 31.5 Å². The van der Waals surface area contributed by atoms with Crippen LogP contribution in [0.3, 0.4) is 0 Å². The minimum Gasteiger partial charge on any atom is -0.470 e. The first-order valence-electron chi connectivity index (χ1n) is 11.0. The van der Waals surface area contributed by atoms with Gasteiger partial charge in [0.2, 0.25) is 5.88 Å². The molecule has 0 bridgehead atoms. The SMILES string of the molecule is Cc1nc(OC(C)(C)C)c2ncn(C3O[C@H](COC4CCCCO4)[C@@H](C)[C@H]3C)c2n1. The molecule has 2 aliphatic rings. The average Bonchev–Trinajstić information content (AvgIpc) is 3.21. The highest BCUT2D eigenvalue weighted by molar-refractivity contribution is 5.76. The van der Waals surface area contributed by atoms with Crippen LogP contribution in [0.25, 0.3) is 11.2 Å². The van der Waals surface area contributed by atoms with Gasteiger partial charge in [-0.25, -0.2) is 9.97 Å². The van der Waals surface area contributed by atoms with Crippen molar-refractivity contribution < 1.29 is 18.9 Å². The lowest BCUT2D eigenvalue weighted by Gasteiger charge is -2.25. The second kappa shape index (κ2) is 8.40. The molecule has 0 saturated carbocycles. The molecule has 2 saturated heterocycles. The largest absolute Gasteiger partial charge is 0.470 e. The molecule has 0 aliphatic carbocycles. The maximum absolute atomic E-state index is 6.45. The second-order valence-electron chi connectivity index (χ2n) is 9.53. The average molecular weight is 419 g/mol. The summed E-state index contributed by atoms with van der Waals surface area (Å²) >= 11 is 0. The lowest BCUT2D eigenvalue weighted by molar-refractivity contribution is -0.182. The van der Waals surface area contributed by atoms with Gasteiger partial charge in [-0.2, -0.15) is 4.98 Å². The first-order chi connectivity index (χ1) is 14.2. The van der Waals surface area contributed by atoms with E-state index in [1.807, 2.05) is 32.3 Å². The van der Waals surface area contributed by atoms with Gasteiger partial charge in [0, 0.05) is 12.5 Å². The van der Waals surface area contributed by atoms with Gasteiger partial charge >= 0.3 is 0 Å². The maximum Gasteiger partial charge on any atom is 0.246 e. The van der Waals surface area contributed by atoms with E-state index in [2.05, 4.69) is 28.8 Å². The number of hydrogen-bond donors (Lipinski definition) is 0. The molecule has 30 heavy (non-hydrogen) atoms. The topological polar surface area (TPSA) is 80.5 Å². The number of hydrogen-bond acceptors (Lipinski definition) is 7. The van der Waals surface area contributed by atoms with Gasteiger partial charge in [-0.3, -0.25) is 4.57 Å². The van der Waals surface area contributed by atoms with Gasteiger partial charge in [0.05, 0.1) is 19.0 Å². The molecular weight excluding hydrogens is 384 g/mol. The summed E-state index contributed by atoms with van der Waals surface area (Å²) in [5, 5.41) is 0. The van der Waals surface area contributed by atoms with Crippen molar-refractivity contribution in [2.45, 2.75) is 85.0 Å². The standard InChI is InChI=1S/C22H34N4O4/c1-13-14(2)21(29-16(13)11-28-17-9-7-8-10-27-17)26-12-23-18-19(26)24-15(3)25-20(18)30-22(4,5)6/h12-14,16-17,21H,7-11H2,1-6H3/t13-,14+,16+,17?,21?/m0/s1. The molecule has 0 spiro atoms. The van der Waals surface area contributed by atoms with Gasteiger partial charge in [-0.15, -0.1) is 0 Å². The zero-order valence-electron chi connectivity index (χ0n) is 18.9. The molecule has 166 valence electrons. The van der Waals surface area contributed by atoms with Crippen LogP contribution in [-0.4, -0.2) is 50.7 Å². The van der Waals surface area contributed by atoms with E-state index < -0.39 is 0 Å². The number of rotatable bonds is 5. The summed E-state index contributed by atoms with van der Waals surface area (Å²) in [5.41, 5.74) is 1.03. The highest BCUT2D eigenvalue weighted by Crippen LogP contribution is 2.41. The van der Waals surface area contributed by atoms with Crippen molar-refractivity contribution in [1.82, 2.24) is 19.5 Å². The van der Waals surface area contributed by atoms with Crippen LogP contribution in [0.1, 0.15) is 65.9 Å². The molecule has 4 heterocycles. The third kappa shape index (κ3) is 4.45. The number of ether oxygens (including phenoxy) is 4. The van der Waals surface area contributed by atoms with E-state index >= 15 is 0 Å². The Labute approximate surface area is 178 Å². The Morgan fingerprint density at radius 2 is 1.97 bits per heavy atom. The molecule has 2 aromatic rings. The Morgan fingerprint density at radius 1 is 1.17 bits per heavy atom. The summed E-state index contributed by atoms with van der Waals surface area (Å²) in [7, 11) is 0. The molecule has 2 fully saturated rings. The Morgan fingerprint density at radius 3 is 2.67 bits per heavy atom. The lowest BCUT2D eigenvalue weighted by atomic mass is 9.93. The molecule has 0 amide bonds. The van der Waals surface area contributed by atoms with E-state index in [1.54, 1.807) is 6.33 Å². The summed E-state index contributed by atoms with van der Waals surface area (Å²) in [4.78, 5) is 13.7. The molecule has 0 radical (unpaired) electrons. The molecule has 2 aliphatic heterocycles. The predicted octanol–water partition coefficient (Wildman–Crippen LogP) is 4.02. The van der Waals surface area contributed by atoms with Crippen LogP contribution in [0, 0.1) is 18.8 Å². The first-order valence-corrected chi connectivity index (χ1v) is 11.0. The van der Waals surface area contributed by atoms with E-state index in [4.69, 9.17) is 18.9 Å². The number of nitrogens with zero attached hydrogens (tertiary/aromatic N) is 4. The Balaban J connectivity index is 1.54. The number of imidazole rings is 1. The molecule has 0 aromatic carbocycles. The zero-order chi connectivity index (χ0) is 21.5. The van der Waals surface area contributed by atoms with E-state index in [1.165, 1.54) is 0 Å². The van der Waals surface area contributed by atoms with Crippen molar-refractivity contribution in [3.8, 4) is 5.88 Å². The van der Waals surface area contributed by atoms with E-state index in [9.17, 15) is 0 Å². The van der Waals surface area contributed by atoms with Crippen molar-refractivity contribution >= 4 is 11.2 Å². The molecular formula is C22H34N4O4. The molecule has 8 nitrogen and oxygen atoms in total. The molecule has 5 atom stereocenters. The summed E-state index contributed by atoms with van der Waals surface area (Å²) in [6, 6.07) is 0. The number of aromatic nitrogens is 4. The van der Waals surface area contributed by atoms with Crippen molar-refractivity contribution in [3.05, 3.63) is 12.2 Å². The molecule has 2 aromatic heterocycles. The van der Waals surface area contributed by atoms with Gasteiger partial charge in [0.1, 0.15) is 17.7 Å². The number of fused-ring (bicyclic) bond motifs is 1. The molecule has 0 N–H and O–H groups in total. The molecule has 4 rings (SSSR count). The predicted molar refractivity (Wildman–Crippen MR) is 112 cm³/mol. The van der Waals surface area contributed by atoms with E-state index in [-0.39, 0.29) is 30.1 Å². The summed E-state index contributed by atoms with van der Waals surface area (Å²) in [6.45, 7) is 13.6. The second-order valence-corrected chi connectivity index (χ2v) is 9.53. The van der Waals surface area contributed by atoms with Gasteiger partial charge in [-0.05, 0) is 52.9 Å². The van der Waals surface area contributed by atoms with Crippen LogP contribution in [0.2, 0.25) is 0 Å². The fraction of sp³-hybridized carbons (Fsp3) is 0.773. The van der Waals surface area contributed by atoms with Crippen molar-refractivity contribution in [3.63, 3.8) is 0 Å². The smallest absolute Gasteiger partial charge is 0.246 e. The summed E-state index contributed by atoms with van der Waals surface area (Å²) in [5.74, 6) is 1.78. The van der Waals surface area contributed by atoms with Gasteiger partial charge < -0.3 is 18.9 Å². The van der Waals surface area contributed by atoms with Crippen LogP contribution in [0.15, 0.2) is 6.33 Å². The minimum atomic E-state index is -0.368. The summed E-state index contributed by atoms with van der Waals surface area (Å²) in [6.07, 6.45) is 4.75. The Bertz CT molecular complexity index is 872. The van der Waals surface area contributed by atoms with Crippen LogP contribution < -0.4 is 4.74 Å². The number of aryl methyl sites for hydroxylation is 1. The van der Waals surface area contributed by atoms with Crippen molar-refractivity contribution in [1.29, 1.82) is 0 Å². The van der Waals surface area contributed by atoms with Crippen LogP contribution >= 0.6 is 0 Å². The quantitative estimate of drug-likeness (QED) is 0.725. The van der Waals surface area contributed by atoms with Crippen LogP contribution in [0.4, 0.5) is 0 Å². The highest BCUT2D eigenvalue weighted by Gasteiger charge is 2.41. The Kier molecular flexibility index (Phi) is 6.01. The van der Waals surface area contributed by atoms with Crippen LogP contribution in [0.5, 0.6) is 5.88 Å². The minimum absolute atomic E-state index is 0.00112. The lowest BCUT2D eigenvalue weighted by Crippen LogP contribution is -2.29. The highest BCUT2D eigenvalue weighted by atomic mass is 16.7. The normalized spacial score (nSPS) is 30.1. The third-order valence-electron chi connectivity index (χ3n) is 5.94. The summed E-state index contributed by atoms with van der Waals surface area (Å²) < 4.78 is 26.2. The Hall–Kier alpha value is -1.77. The van der Waals surface area contributed by atoms with Crippen LogP contribution in [-0.2, 0) is 14.2 Å². The maximum atomic E-state index is 6.45. The van der Waals surface area contributed by atoms with E-state index in [0.29, 0.717) is 29.7 Å². The van der Waals surface area contributed by atoms with Gasteiger partial charge in [0.15, 0.2) is 17.5 Å². The van der Waals surface area contributed by atoms with Gasteiger partial charge in [0.25, 0.3) is 0 Å². The molecule has 8 heteroatoms. The fourth-order valence-electron chi connectivity index (χ4n) is 4.12. The van der Waals surface area contributed by atoms with Gasteiger partial charge in [-0.1, -0.05) is 13.8 Å². The molecule has 2 unspecified atom stereocenters. The fourth-order valence-corrected chi connectivity index (χ4v) is 4.12. The first kappa shape index (κ1) is 21.5. The van der Waals surface area contributed by atoms with Crippen molar-refractivity contribution in [2.75, 3.05) is 13.2 Å². The zero-order valence-corrected chi connectivity index (χ0v) is 18.9.